The van der Waals surface area contributed by atoms with Crippen molar-refractivity contribution in [2.75, 3.05) is 32.1 Å². The topological polar surface area (TPSA) is 117 Å². The number of hydrogen-bond acceptors (Lipinski definition) is 6. The standard InChI is InChI=1S/C24H24FIN5O4/c1-34-22-14(25)5-4-6-16(22)30-21-18-20-15(11-29-23(18)32)26-24(33)28-8-2-3-10-35-17-12-27-9-7-13(17)19(21)31-20/h4-7,9,12,15,30-31H,2-3,8,10-11H2,1H3,(H,28,33)(H,29,32)/q-1/t15-/m1/s1. The van der Waals surface area contributed by atoms with Gasteiger partial charge in [-0.2, -0.15) is 0 Å². The molecule has 35 heavy (non-hydrogen) atoms. The van der Waals surface area contributed by atoms with E-state index in [1.807, 2.05) is 0 Å². The van der Waals surface area contributed by atoms with Crippen LogP contribution in [-0.4, -0.2) is 46.6 Å². The number of amides is 2. The predicted octanol–water partition coefficient (Wildman–Crippen LogP) is 0.724. The molecule has 0 saturated carbocycles. The van der Waals surface area contributed by atoms with Crippen LogP contribution in [-0.2, 0) is 0 Å². The van der Waals surface area contributed by atoms with Crippen molar-refractivity contribution in [2.24, 2.45) is 0 Å². The van der Waals surface area contributed by atoms with E-state index in [4.69, 9.17) is 9.47 Å². The fourth-order valence-corrected chi connectivity index (χ4v) is 6.58. The van der Waals surface area contributed by atoms with Gasteiger partial charge in [0.2, 0.25) is 0 Å². The van der Waals surface area contributed by atoms with E-state index in [-0.39, 0.29) is 19.5 Å². The van der Waals surface area contributed by atoms with E-state index in [2.05, 4.69) is 25.9 Å². The zero-order valence-electron chi connectivity index (χ0n) is 18.9. The third-order valence-electron chi connectivity index (χ3n) is 5.82. The quantitative estimate of drug-likeness (QED) is 0.154. The SMILES string of the molecule is COc1c(F)cccc1Nc1c2[nH]c3c1C(=O)NC[C@H]3[I-]C(=O)NCCCCOc1cnccc1-2. The van der Waals surface area contributed by atoms with E-state index in [0.717, 1.165) is 12.8 Å². The molecule has 1 atom stereocenters. The second-order valence-electron chi connectivity index (χ2n) is 8.02. The average Bonchev–Trinajstić information content (AvgIpc) is 3.23. The van der Waals surface area contributed by atoms with Crippen LogP contribution in [0.1, 0.15) is 32.8 Å². The molecule has 4 N–H and O–H groups in total. The minimum atomic E-state index is -0.972. The van der Waals surface area contributed by atoms with Gasteiger partial charge >= 0.3 is 212 Å². The number of halogens is 2. The molecule has 0 saturated heterocycles. The molecule has 0 spiro atoms. The fourth-order valence-electron chi connectivity index (χ4n) is 4.19. The maximum absolute atomic E-state index is 14.5. The Morgan fingerprint density at radius 2 is 2.11 bits per heavy atom. The summed E-state index contributed by atoms with van der Waals surface area (Å²) in [6.45, 7) is 1.40. The van der Waals surface area contributed by atoms with Crippen molar-refractivity contribution in [3.8, 4) is 22.8 Å². The number of nitrogens with one attached hydrogen (secondary N) is 4. The van der Waals surface area contributed by atoms with Crippen molar-refractivity contribution >= 4 is 21.2 Å². The molecule has 3 aromatic rings. The van der Waals surface area contributed by atoms with Crippen LogP contribution < -0.4 is 46.6 Å². The minimum absolute atomic E-state index is 0.0240. The summed E-state index contributed by atoms with van der Waals surface area (Å²) in [6.07, 6.45) is 4.85. The number of ether oxygens (including phenoxy) is 2. The molecule has 184 valence electrons. The number of para-hydroxylation sites is 1. The Morgan fingerprint density at radius 1 is 1.23 bits per heavy atom. The average molecular weight is 592 g/mol. The Kier molecular flexibility index (Phi) is 6.75. The molecular formula is C24H24FIN5O4-. The van der Waals surface area contributed by atoms with Crippen molar-refractivity contribution in [2.45, 2.75) is 16.8 Å². The van der Waals surface area contributed by atoms with Crippen LogP contribution in [0.3, 0.4) is 0 Å². The van der Waals surface area contributed by atoms with Gasteiger partial charge < -0.3 is 0 Å². The first-order valence-electron chi connectivity index (χ1n) is 11.2. The maximum atomic E-state index is 14.5. The van der Waals surface area contributed by atoms with E-state index in [1.54, 1.807) is 30.6 Å². The summed E-state index contributed by atoms with van der Waals surface area (Å²) in [4.78, 5) is 33.4. The van der Waals surface area contributed by atoms with Gasteiger partial charge in [-0.15, -0.1) is 0 Å². The summed E-state index contributed by atoms with van der Waals surface area (Å²) in [7, 11) is 1.39. The molecule has 2 amide bonds. The zero-order valence-corrected chi connectivity index (χ0v) is 21.1. The number of alkyl halides is 1. The first-order chi connectivity index (χ1) is 17.1. The van der Waals surface area contributed by atoms with Gasteiger partial charge in [-0.1, -0.05) is 0 Å². The number of pyridine rings is 1. The summed E-state index contributed by atoms with van der Waals surface area (Å²) in [6, 6.07) is 6.35. The summed E-state index contributed by atoms with van der Waals surface area (Å²) < 4.78 is 25.6. The summed E-state index contributed by atoms with van der Waals surface area (Å²) >= 11 is -0.972. The number of hydrogen-bond donors (Lipinski definition) is 4. The number of nitrogens with zero attached hydrogens (tertiary/aromatic N) is 1. The van der Waals surface area contributed by atoms with Gasteiger partial charge in [0.25, 0.3) is 0 Å². The number of carbonyl (C=O) groups is 2. The number of aromatic amines is 1. The third-order valence-corrected chi connectivity index (χ3v) is 8.58. The first kappa shape index (κ1) is 23.4. The monoisotopic (exact) mass is 592 g/mol. The molecule has 2 aliphatic rings. The molecule has 0 aliphatic carbocycles. The van der Waals surface area contributed by atoms with E-state index < -0.39 is 27.0 Å². The van der Waals surface area contributed by atoms with Crippen LogP contribution in [0.5, 0.6) is 11.5 Å². The fraction of sp³-hybridized carbons (Fsp3) is 0.292. The molecule has 1 aromatic carbocycles. The van der Waals surface area contributed by atoms with Crippen LogP contribution in [0.25, 0.3) is 11.3 Å². The first-order valence-corrected chi connectivity index (χ1v) is 13.5. The number of methoxy groups -OCH3 is 1. The van der Waals surface area contributed by atoms with Gasteiger partial charge in [-0.05, 0) is 0 Å². The molecule has 0 unspecified atom stereocenters. The van der Waals surface area contributed by atoms with Gasteiger partial charge in [-0.25, -0.2) is 0 Å². The van der Waals surface area contributed by atoms with Crippen molar-refractivity contribution in [3.63, 3.8) is 0 Å². The summed E-state index contributed by atoms with van der Waals surface area (Å²) in [5, 5.41) is 9.15. The summed E-state index contributed by atoms with van der Waals surface area (Å²) in [5.41, 5.74) is 3.21. The van der Waals surface area contributed by atoms with Crippen molar-refractivity contribution in [1.82, 2.24) is 20.6 Å². The van der Waals surface area contributed by atoms with Crippen LogP contribution in [0.2, 0.25) is 0 Å². The molecule has 5 rings (SSSR count). The van der Waals surface area contributed by atoms with Crippen LogP contribution in [0.15, 0.2) is 36.7 Å². The summed E-state index contributed by atoms with van der Waals surface area (Å²) in [5.74, 6) is -0.209. The predicted molar refractivity (Wildman–Crippen MR) is 123 cm³/mol. The molecule has 11 heteroatoms. The number of benzene rings is 1. The van der Waals surface area contributed by atoms with Crippen LogP contribution in [0.4, 0.5) is 20.6 Å². The van der Waals surface area contributed by atoms with Crippen molar-refractivity contribution < 1.29 is 44.7 Å². The van der Waals surface area contributed by atoms with Gasteiger partial charge in [0.1, 0.15) is 0 Å². The molecule has 9 nitrogen and oxygen atoms in total. The Bertz CT molecular complexity index is 1280. The number of anilines is 2. The van der Waals surface area contributed by atoms with Crippen LogP contribution in [0, 0.1) is 5.82 Å². The Balaban J connectivity index is 1.71. The van der Waals surface area contributed by atoms with E-state index in [1.165, 1.54) is 13.2 Å². The number of aromatic nitrogens is 2. The molecule has 2 aliphatic heterocycles. The molecule has 2 aromatic heterocycles. The van der Waals surface area contributed by atoms with Gasteiger partial charge in [-0.3, -0.25) is 0 Å². The molecular weight excluding hydrogens is 568 g/mol. The van der Waals surface area contributed by atoms with Gasteiger partial charge in [0.05, 0.1) is 0 Å². The van der Waals surface area contributed by atoms with E-state index >= 15 is 0 Å². The number of carbonyl (C=O) groups excluding carboxylic acids is 2. The van der Waals surface area contributed by atoms with Gasteiger partial charge in [0.15, 0.2) is 0 Å². The van der Waals surface area contributed by atoms with E-state index in [0.29, 0.717) is 59.3 Å². The number of H-pyrrole nitrogens is 1. The Morgan fingerprint density at radius 3 is 2.97 bits per heavy atom. The molecule has 4 heterocycles. The molecule has 2 bridgehead atoms. The third kappa shape index (κ3) is 4.64. The van der Waals surface area contributed by atoms with Crippen molar-refractivity contribution in [3.05, 3.63) is 53.7 Å². The second kappa shape index (κ2) is 10.1. The van der Waals surface area contributed by atoms with Crippen LogP contribution >= 0.6 is 0 Å². The zero-order chi connectivity index (χ0) is 24.4. The molecule has 0 radical (unpaired) electrons. The Hall–Kier alpha value is -3.35. The number of fused-ring (bicyclic) bond motifs is 3. The van der Waals surface area contributed by atoms with Crippen molar-refractivity contribution in [1.29, 1.82) is 0 Å². The Labute approximate surface area is 211 Å². The van der Waals surface area contributed by atoms with Gasteiger partial charge in [0, 0.05) is 0 Å². The second-order valence-corrected chi connectivity index (χ2v) is 11.1. The molecule has 0 fully saturated rings. The van der Waals surface area contributed by atoms with E-state index in [9.17, 15) is 14.0 Å². The number of rotatable bonds is 3. The normalized spacial score (nSPS) is 18.1.